The normalized spacial score (nSPS) is 13.3. The first-order chi connectivity index (χ1) is 19.4. The molecule has 0 saturated heterocycles. The van der Waals surface area contributed by atoms with Gasteiger partial charge in [0.15, 0.2) is 0 Å². The van der Waals surface area contributed by atoms with Crippen molar-refractivity contribution >= 4 is 42.5 Å². The topological polar surface area (TPSA) is 71.4 Å². The van der Waals surface area contributed by atoms with Crippen LogP contribution in [0.1, 0.15) is 11.4 Å². The molecule has 0 fully saturated rings. The van der Waals surface area contributed by atoms with Gasteiger partial charge in [0, 0.05) is 38.0 Å². The Labute approximate surface area is 249 Å². The van der Waals surface area contributed by atoms with Crippen LogP contribution < -0.4 is 10.6 Å². The van der Waals surface area contributed by atoms with Gasteiger partial charge in [-0.1, -0.05) is 41.9 Å². The smallest absolute Gasteiger partial charge is 0.240 e. The molecule has 3 aromatic carbocycles. The molecule has 0 saturated carbocycles. The third-order valence-electron chi connectivity index (χ3n) is 6.86. The van der Waals surface area contributed by atoms with Crippen molar-refractivity contribution in [3.05, 3.63) is 101 Å². The highest BCUT2D eigenvalue weighted by Gasteiger charge is 2.30. The molecule has 1 aromatic heterocycles. The fourth-order valence-corrected chi connectivity index (χ4v) is 4.94. The van der Waals surface area contributed by atoms with Crippen LogP contribution in [-0.4, -0.2) is 53.2 Å². The Morgan fingerprint density at radius 2 is 1.83 bits per heavy atom. The summed E-state index contributed by atoms with van der Waals surface area (Å²) in [5.41, 5.74) is 2.83. The first kappa shape index (κ1) is 30.5. The van der Waals surface area contributed by atoms with Gasteiger partial charge in [-0.25, -0.2) is 13.8 Å². The minimum absolute atomic E-state index is 0. The molecule has 216 valence electrons. The molecule has 0 radical (unpaired) electrons. The number of benzene rings is 3. The first-order valence-corrected chi connectivity index (χ1v) is 13.4. The molecule has 1 aliphatic rings. The quantitative estimate of drug-likeness (QED) is 0.235. The Morgan fingerprint density at radius 3 is 2.54 bits per heavy atom. The highest BCUT2D eigenvalue weighted by Crippen LogP contribution is 2.34. The average Bonchev–Trinajstić information content (AvgIpc) is 3.32. The van der Waals surface area contributed by atoms with E-state index in [1.165, 1.54) is 24.3 Å². The summed E-state index contributed by atoms with van der Waals surface area (Å²) in [5.74, 6) is 0.382. The van der Waals surface area contributed by atoms with Gasteiger partial charge in [-0.15, -0.1) is 0 Å². The second-order valence-electron chi connectivity index (χ2n) is 9.59. The van der Waals surface area contributed by atoms with Crippen LogP contribution in [-0.2, 0) is 29.0 Å². The lowest BCUT2D eigenvalue weighted by Gasteiger charge is -2.32. The number of rotatable bonds is 10. The van der Waals surface area contributed by atoms with Gasteiger partial charge < -0.3 is 24.8 Å². The summed E-state index contributed by atoms with van der Waals surface area (Å²) in [5, 5.41) is 6.64. The number of anilines is 2. The van der Waals surface area contributed by atoms with Crippen LogP contribution in [0.25, 0.3) is 11.3 Å². The van der Waals surface area contributed by atoms with Gasteiger partial charge >= 0.3 is 0 Å². The minimum Gasteiger partial charge on any atom is -0.383 e. The second kappa shape index (κ2) is 14.0. The highest BCUT2D eigenvalue weighted by molar-refractivity contribution is 7.59. The van der Waals surface area contributed by atoms with Crippen LogP contribution >= 0.6 is 25.1 Å². The summed E-state index contributed by atoms with van der Waals surface area (Å²) in [6, 6.07) is 20.0. The van der Waals surface area contributed by atoms with Crippen LogP contribution in [0.2, 0.25) is 5.02 Å². The Morgan fingerprint density at radius 1 is 1.07 bits per heavy atom. The molecule has 0 aliphatic carbocycles. The molecule has 11 heteroatoms. The Hall–Kier alpha value is -3.44. The Balaban J connectivity index is 0.00000387. The van der Waals surface area contributed by atoms with E-state index in [1.54, 1.807) is 30.2 Å². The molecular formula is C30H32ClF2N5O2S. The number of amides is 1. The van der Waals surface area contributed by atoms with Crippen molar-refractivity contribution in [1.82, 2.24) is 19.8 Å². The lowest BCUT2D eigenvalue weighted by molar-refractivity contribution is -0.135. The molecule has 1 amide bonds. The third kappa shape index (κ3) is 7.26. The maximum Gasteiger partial charge on any atom is 0.240 e. The number of carbonyl (C=O) groups excluding carboxylic acids is 1. The number of hydrogen-bond acceptors (Lipinski definition) is 5. The van der Waals surface area contributed by atoms with Crippen LogP contribution in [0.15, 0.2) is 72.8 Å². The van der Waals surface area contributed by atoms with Gasteiger partial charge in [-0.2, -0.15) is 13.5 Å². The van der Waals surface area contributed by atoms with Crippen molar-refractivity contribution in [1.29, 1.82) is 0 Å². The Kier molecular flexibility index (Phi) is 10.4. The average molecular weight is 600 g/mol. The number of nitrogens with one attached hydrogen (secondary N) is 2. The summed E-state index contributed by atoms with van der Waals surface area (Å²) in [6.07, 6.45) is 0.546. The molecule has 7 nitrogen and oxygen atoms in total. The highest BCUT2D eigenvalue weighted by atomic mass is 35.5. The van der Waals surface area contributed by atoms with Gasteiger partial charge in [0.1, 0.15) is 29.0 Å². The van der Waals surface area contributed by atoms with Crippen LogP contribution in [0.5, 0.6) is 0 Å². The summed E-state index contributed by atoms with van der Waals surface area (Å²) in [6.45, 7) is 2.27. The standard InChI is InChI=1S/C30H30ClF2N5O2.H2S/c1-40-16-13-34-26(17-20-5-3-2-4-6-20)30(39)37-14-15-38-27(19-37)36-28(21-7-9-22(32)10-8-21)29(38)35-23-11-12-24(31)25(33)18-23;/h2-12,18,26,34-35H,13-17,19H2,1H3;1H2/t26-;/m0./s1. The molecular weight excluding hydrogens is 568 g/mol. The van der Waals surface area contributed by atoms with E-state index in [0.717, 1.165) is 5.56 Å². The van der Waals surface area contributed by atoms with Gasteiger partial charge in [-0.3, -0.25) is 4.79 Å². The van der Waals surface area contributed by atoms with E-state index in [9.17, 15) is 13.6 Å². The maximum atomic E-state index is 14.2. The first-order valence-electron chi connectivity index (χ1n) is 13.1. The van der Waals surface area contributed by atoms with Crippen molar-refractivity contribution < 1.29 is 18.3 Å². The molecule has 4 aromatic rings. The molecule has 2 N–H and O–H groups in total. The molecule has 0 unspecified atom stereocenters. The van der Waals surface area contributed by atoms with Gasteiger partial charge in [0.25, 0.3) is 0 Å². The van der Waals surface area contributed by atoms with E-state index in [-0.39, 0.29) is 30.2 Å². The van der Waals surface area contributed by atoms with Gasteiger partial charge in [0.2, 0.25) is 5.91 Å². The number of hydrogen-bond donors (Lipinski definition) is 2. The number of aromatic nitrogens is 2. The second-order valence-corrected chi connectivity index (χ2v) is 9.99. The van der Waals surface area contributed by atoms with Gasteiger partial charge in [-0.05, 0) is 54.4 Å². The number of methoxy groups -OCH3 is 1. The molecule has 1 aliphatic heterocycles. The molecule has 2 heterocycles. The van der Waals surface area contributed by atoms with Crippen molar-refractivity contribution in [3.63, 3.8) is 0 Å². The number of ether oxygens (including phenoxy) is 1. The predicted octanol–water partition coefficient (Wildman–Crippen LogP) is 5.53. The van der Waals surface area contributed by atoms with E-state index >= 15 is 0 Å². The van der Waals surface area contributed by atoms with Crippen LogP contribution in [0, 0.1) is 11.6 Å². The summed E-state index contributed by atoms with van der Waals surface area (Å²) in [4.78, 5) is 20.4. The van der Waals surface area contributed by atoms with E-state index in [2.05, 4.69) is 10.6 Å². The minimum atomic E-state index is -0.546. The summed E-state index contributed by atoms with van der Waals surface area (Å²) >= 11 is 5.88. The van der Waals surface area contributed by atoms with Crippen molar-refractivity contribution in [2.24, 2.45) is 0 Å². The zero-order chi connectivity index (χ0) is 28.1. The number of nitrogens with zero attached hydrogens (tertiary/aromatic N) is 3. The predicted molar refractivity (Wildman–Crippen MR) is 162 cm³/mol. The van der Waals surface area contributed by atoms with Crippen LogP contribution in [0.4, 0.5) is 20.3 Å². The fourth-order valence-electron chi connectivity index (χ4n) is 4.82. The lowest BCUT2D eigenvalue weighted by atomic mass is 10.0. The zero-order valence-electron chi connectivity index (χ0n) is 22.5. The van der Waals surface area contributed by atoms with Crippen LogP contribution in [0.3, 0.4) is 0 Å². The maximum absolute atomic E-state index is 14.2. The number of imidazole rings is 1. The van der Waals surface area contributed by atoms with Crippen molar-refractivity contribution in [2.75, 3.05) is 32.1 Å². The largest absolute Gasteiger partial charge is 0.383 e. The zero-order valence-corrected chi connectivity index (χ0v) is 24.3. The third-order valence-corrected chi connectivity index (χ3v) is 7.17. The number of fused-ring (bicyclic) bond motifs is 1. The van der Waals surface area contributed by atoms with Crippen molar-refractivity contribution in [3.8, 4) is 11.3 Å². The molecule has 5 rings (SSSR count). The fraction of sp³-hybridized carbons (Fsp3) is 0.267. The van der Waals surface area contributed by atoms with Gasteiger partial charge in [0.05, 0.1) is 24.2 Å². The van der Waals surface area contributed by atoms with E-state index in [4.69, 9.17) is 21.3 Å². The molecule has 1 atom stereocenters. The van der Waals surface area contributed by atoms with E-state index in [0.29, 0.717) is 67.8 Å². The number of halogens is 3. The van der Waals surface area contributed by atoms with Crippen molar-refractivity contribution in [2.45, 2.75) is 25.6 Å². The number of carbonyl (C=O) groups is 1. The van der Waals surface area contributed by atoms with E-state index in [1.807, 2.05) is 34.9 Å². The summed E-state index contributed by atoms with van der Waals surface area (Å²) < 4.78 is 35.1. The molecule has 0 spiro atoms. The molecule has 0 bridgehead atoms. The monoisotopic (exact) mass is 599 g/mol. The lowest BCUT2D eigenvalue weighted by Crippen LogP contribution is -2.50. The Bertz CT molecular complexity index is 1470. The summed E-state index contributed by atoms with van der Waals surface area (Å²) in [7, 11) is 1.63. The van der Waals surface area contributed by atoms with E-state index < -0.39 is 11.9 Å². The SMILES string of the molecule is COCCN[C@@H](Cc1ccccc1)C(=O)N1CCn2c(nc(-c3ccc(F)cc3)c2Nc2ccc(Cl)c(F)c2)C1.S. The molecule has 41 heavy (non-hydrogen) atoms.